The molecule has 1 aromatic rings. The van der Waals surface area contributed by atoms with E-state index < -0.39 is 17.0 Å². The Morgan fingerprint density at radius 3 is 2.38 bits per heavy atom. The van der Waals surface area contributed by atoms with Gasteiger partial charge < -0.3 is 34.1 Å². The maximum absolute atomic E-state index is 12.5. The summed E-state index contributed by atoms with van der Waals surface area (Å²) in [6.45, 7) is 8.39. The van der Waals surface area contributed by atoms with Crippen molar-refractivity contribution in [3.05, 3.63) is 41.0 Å². The summed E-state index contributed by atoms with van der Waals surface area (Å²) in [5.74, 6) is -0.149. The molecule has 0 radical (unpaired) electrons. The van der Waals surface area contributed by atoms with Gasteiger partial charge in [-0.05, 0) is 93.4 Å². The van der Waals surface area contributed by atoms with Crippen molar-refractivity contribution in [2.45, 2.75) is 113 Å². The Bertz CT molecular complexity index is 1230. The van der Waals surface area contributed by atoms with Crippen LogP contribution in [0.3, 0.4) is 0 Å². The van der Waals surface area contributed by atoms with Crippen LogP contribution in [0.15, 0.2) is 35.4 Å². The molecule has 0 aromatic heterocycles. The van der Waals surface area contributed by atoms with Crippen LogP contribution >= 0.6 is 0 Å². The summed E-state index contributed by atoms with van der Waals surface area (Å²) in [6.07, 6.45) is 8.56. The topological polar surface area (TPSA) is 80.6 Å². The van der Waals surface area contributed by atoms with E-state index in [0.717, 1.165) is 38.8 Å². The Labute approximate surface area is 250 Å². The van der Waals surface area contributed by atoms with Crippen molar-refractivity contribution >= 4 is 5.69 Å². The summed E-state index contributed by atoms with van der Waals surface area (Å²) < 4.78 is 25.6. The molecule has 7 nitrogen and oxygen atoms in total. The van der Waals surface area contributed by atoms with Crippen LogP contribution in [0.25, 0.3) is 0 Å². The second-order valence-corrected chi connectivity index (χ2v) is 14.8. The van der Waals surface area contributed by atoms with Crippen molar-refractivity contribution in [3.8, 4) is 0 Å². The number of allylic oxidation sites excluding steroid dienone is 1. The van der Waals surface area contributed by atoms with Crippen molar-refractivity contribution in [1.82, 2.24) is 0 Å². The average molecular weight is 580 g/mol. The van der Waals surface area contributed by atoms with Gasteiger partial charge in [-0.15, -0.1) is 0 Å². The molecule has 1 spiro atoms. The molecule has 3 saturated heterocycles. The van der Waals surface area contributed by atoms with E-state index in [2.05, 4.69) is 43.0 Å². The zero-order valence-electron chi connectivity index (χ0n) is 25.5. The third kappa shape index (κ3) is 3.99. The Morgan fingerprint density at radius 1 is 0.881 bits per heavy atom. The highest BCUT2D eigenvalue weighted by atomic mass is 16.7. The molecular weight excluding hydrogens is 530 g/mol. The van der Waals surface area contributed by atoms with Crippen molar-refractivity contribution in [2.24, 2.45) is 17.3 Å². The molecule has 1 aromatic carbocycles. The highest BCUT2D eigenvalue weighted by Gasteiger charge is 2.67. The lowest BCUT2D eigenvalue weighted by molar-refractivity contribution is -0.350. The van der Waals surface area contributed by atoms with Crippen molar-refractivity contribution in [2.75, 3.05) is 44.4 Å². The van der Waals surface area contributed by atoms with E-state index in [1.54, 1.807) is 0 Å². The van der Waals surface area contributed by atoms with E-state index >= 15 is 0 Å². The first-order valence-electron chi connectivity index (χ1n) is 16.8. The summed E-state index contributed by atoms with van der Waals surface area (Å²) in [6, 6.07) is 9.30. The van der Waals surface area contributed by atoms with Crippen LogP contribution in [-0.2, 0) is 18.9 Å². The number of anilines is 1. The largest absolute Gasteiger partial charge is 0.387 e. The SMILES string of the molecule is CC1OCCOC23C[C@@]4(O)CC[C@@H]5C(=C4CC2OCCO3)[C@@H](c2ccc(N3CCCCC3)cc2)C[C@@]2(C)[C@@H]5CC[C@@]12O. The molecule has 230 valence electrons. The molecular formula is C35H49NO6. The smallest absolute Gasteiger partial charge is 0.198 e. The van der Waals surface area contributed by atoms with Gasteiger partial charge in [0.05, 0.1) is 43.7 Å². The molecule has 10 aliphatic rings. The predicted molar refractivity (Wildman–Crippen MR) is 159 cm³/mol. The zero-order chi connectivity index (χ0) is 28.7. The number of rotatable bonds is 2. The minimum Gasteiger partial charge on any atom is -0.387 e. The third-order valence-corrected chi connectivity index (χ3v) is 13.0. The lowest BCUT2D eigenvalue weighted by Gasteiger charge is -2.60. The van der Waals surface area contributed by atoms with Crippen LogP contribution in [0.4, 0.5) is 5.69 Å². The Morgan fingerprint density at radius 2 is 1.62 bits per heavy atom. The molecule has 3 saturated carbocycles. The van der Waals surface area contributed by atoms with Crippen LogP contribution in [0.5, 0.6) is 0 Å². The number of nitrogens with zero attached hydrogens (tertiary/aromatic N) is 1. The van der Waals surface area contributed by atoms with Crippen molar-refractivity contribution in [3.63, 3.8) is 0 Å². The van der Waals surface area contributed by atoms with E-state index in [9.17, 15) is 10.2 Å². The predicted octanol–water partition coefficient (Wildman–Crippen LogP) is 5.09. The van der Waals surface area contributed by atoms with E-state index in [0.29, 0.717) is 57.5 Å². The molecule has 3 unspecified atom stereocenters. The second-order valence-electron chi connectivity index (χ2n) is 14.8. The molecule has 6 heterocycles. The molecule has 9 atom stereocenters. The Balaban J connectivity index is 1.28. The molecule has 7 heteroatoms. The summed E-state index contributed by atoms with van der Waals surface area (Å²) in [4.78, 5) is 2.52. The maximum atomic E-state index is 12.5. The standard InChI is InChI=1S/C35H49NO6/c1-23-34(38)13-11-28-26-10-12-33(37)22-35(41-18-16-39-23)30(40-17-19-42-35)20-29(33)31(26)27(21-32(28,34)2)24-6-8-25(9-7-24)36-14-4-3-5-15-36/h6-9,23,26-28,30,37-38H,3-5,10-22H2,1-2H3/t23?,26-,27+,28+,30?,32-,33-,34+,35?/m0/s1. The summed E-state index contributed by atoms with van der Waals surface area (Å²) in [5.41, 5.74) is 3.03. The third-order valence-electron chi connectivity index (χ3n) is 13.0. The van der Waals surface area contributed by atoms with Crippen LogP contribution < -0.4 is 4.90 Å². The van der Waals surface area contributed by atoms with Crippen molar-refractivity contribution < 1.29 is 29.2 Å². The highest BCUT2D eigenvalue weighted by molar-refractivity contribution is 5.51. The fourth-order valence-corrected chi connectivity index (χ4v) is 10.8. The molecule has 11 rings (SSSR count). The minimum atomic E-state index is -0.976. The Kier molecular flexibility index (Phi) is 6.68. The normalized spacial score (nSPS) is 47.0. The van der Waals surface area contributed by atoms with E-state index in [1.165, 1.54) is 41.7 Å². The van der Waals surface area contributed by atoms with Crippen LogP contribution in [-0.4, -0.2) is 78.9 Å². The number of piperidine rings is 1. The van der Waals surface area contributed by atoms with Gasteiger partial charge in [0.25, 0.3) is 0 Å². The lowest BCUT2D eigenvalue weighted by Crippen LogP contribution is -2.64. The molecule has 42 heavy (non-hydrogen) atoms. The summed E-state index contributed by atoms with van der Waals surface area (Å²) in [5, 5.41) is 25.0. The second kappa shape index (κ2) is 10.0. The summed E-state index contributed by atoms with van der Waals surface area (Å²) >= 11 is 0. The fourth-order valence-electron chi connectivity index (χ4n) is 10.8. The van der Waals surface area contributed by atoms with E-state index in [-0.39, 0.29) is 23.5 Å². The van der Waals surface area contributed by atoms with Gasteiger partial charge in [0.2, 0.25) is 0 Å². The van der Waals surface area contributed by atoms with Gasteiger partial charge in [-0.25, -0.2) is 0 Å². The fraction of sp³-hybridized carbons (Fsp3) is 0.771. The average Bonchev–Trinajstić information content (AvgIpc) is 3.28. The first-order valence-corrected chi connectivity index (χ1v) is 16.8. The van der Waals surface area contributed by atoms with Crippen LogP contribution in [0.2, 0.25) is 0 Å². The number of fused-ring (bicyclic) bond motifs is 1. The van der Waals surface area contributed by atoms with Crippen LogP contribution in [0.1, 0.15) is 89.5 Å². The van der Waals surface area contributed by atoms with Crippen molar-refractivity contribution in [1.29, 1.82) is 0 Å². The Hall–Kier alpha value is -1.48. The van der Waals surface area contributed by atoms with E-state index in [4.69, 9.17) is 18.9 Å². The molecule has 8 bridgehead atoms. The molecule has 0 amide bonds. The van der Waals surface area contributed by atoms with E-state index in [1.807, 2.05) is 0 Å². The molecule has 4 aliphatic carbocycles. The number of hydrogen-bond acceptors (Lipinski definition) is 7. The molecule has 6 fully saturated rings. The number of aliphatic hydroxyl groups is 2. The maximum Gasteiger partial charge on any atom is 0.198 e. The van der Waals surface area contributed by atoms with Gasteiger partial charge in [-0.3, -0.25) is 0 Å². The first kappa shape index (κ1) is 28.0. The monoisotopic (exact) mass is 579 g/mol. The zero-order valence-corrected chi connectivity index (χ0v) is 25.5. The number of benzene rings is 1. The van der Waals surface area contributed by atoms with Crippen LogP contribution in [0, 0.1) is 17.3 Å². The molecule has 6 aliphatic heterocycles. The quantitative estimate of drug-likeness (QED) is 0.473. The lowest BCUT2D eigenvalue weighted by atomic mass is 9.49. The van der Waals surface area contributed by atoms with Gasteiger partial charge in [0, 0.05) is 43.0 Å². The first-order chi connectivity index (χ1) is 20.3. The van der Waals surface area contributed by atoms with Gasteiger partial charge in [0.1, 0.15) is 6.10 Å². The number of ether oxygens (including phenoxy) is 4. The highest BCUT2D eigenvalue weighted by Crippen LogP contribution is 2.68. The summed E-state index contributed by atoms with van der Waals surface area (Å²) in [7, 11) is 0. The minimum absolute atomic E-state index is 0.131. The van der Waals surface area contributed by atoms with Gasteiger partial charge in [0.15, 0.2) is 5.79 Å². The molecule has 2 N–H and O–H groups in total. The van der Waals surface area contributed by atoms with Gasteiger partial charge in [-0.2, -0.15) is 0 Å². The number of hydrogen-bond donors (Lipinski definition) is 2. The van der Waals surface area contributed by atoms with Gasteiger partial charge >= 0.3 is 0 Å². The van der Waals surface area contributed by atoms with Gasteiger partial charge in [-0.1, -0.05) is 24.6 Å².